The lowest BCUT2D eigenvalue weighted by Gasteiger charge is -2.27. The number of ether oxygens (including phenoxy) is 1. The van der Waals surface area contributed by atoms with E-state index < -0.39 is 0 Å². The maximum Gasteiger partial charge on any atom is 0.240 e. The molecule has 9 rings (SSSR count). The van der Waals surface area contributed by atoms with E-state index in [1.54, 1.807) is 6.07 Å². The third-order valence-electron chi connectivity index (χ3n) is 12.8. The molecule has 0 aliphatic carbocycles. The fourth-order valence-corrected chi connectivity index (χ4v) is 9.17. The van der Waals surface area contributed by atoms with Crippen LogP contribution in [0, 0.1) is 13.8 Å². The molecule has 4 aliphatic rings. The van der Waals surface area contributed by atoms with Gasteiger partial charge in [-0.05, 0) is 80.5 Å². The van der Waals surface area contributed by atoms with Gasteiger partial charge in [-0.25, -0.2) is 9.97 Å². The van der Waals surface area contributed by atoms with Crippen molar-refractivity contribution in [3.8, 4) is 11.5 Å². The number of anilines is 2. The van der Waals surface area contributed by atoms with Crippen molar-refractivity contribution in [2.45, 2.75) is 71.3 Å². The number of hydrogen-bond donors (Lipinski definition) is 1. The summed E-state index contributed by atoms with van der Waals surface area (Å²) < 4.78 is 5.88. The first-order valence-corrected chi connectivity index (χ1v) is 22.7. The average Bonchev–Trinajstić information content (AvgIpc) is 3.60. The molecule has 0 bridgehead atoms. The minimum atomic E-state index is -0.00169. The summed E-state index contributed by atoms with van der Waals surface area (Å²) in [6, 6.07) is 34.7. The Balaban J connectivity index is 0.000000177. The van der Waals surface area contributed by atoms with E-state index in [4.69, 9.17) is 4.74 Å². The molecule has 12 nitrogen and oxygen atoms in total. The Bertz CT molecular complexity index is 2220. The molecule has 4 aliphatic heterocycles. The van der Waals surface area contributed by atoms with Gasteiger partial charge in [0.05, 0.1) is 24.5 Å². The zero-order valence-corrected chi connectivity index (χ0v) is 36.9. The Kier molecular flexibility index (Phi) is 14.5. The molecule has 63 heavy (non-hydrogen) atoms. The second-order valence-electron chi connectivity index (χ2n) is 17.4. The lowest BCUT2D eigenvalue weighted by Crippen LogP contribution is -2.43. The van der Waals surface area contributed by atoms with E-state index in [9.17, 15) is 14.7 Å². The fourth-order valence-electron chi connectivity index (χ4n) is 9.17. The van der Waals surface area contributed by atoms with Gasteiger partial charge in [0, 0.05) is 78.5 Å². The number of nitrogens with zero attached hydrogens (tertiary/aromatic N) is 8. The maximum atomic E-state index is 13.2. The number of benzene rings is 3. The zero-order valence-electron chi connectivity index (χ0n) is 36.9. The number of rotatable bonds is 11. The van der Waals surface area contributed by atoms with Gasteiger partial charge in [0.1, 0.15) is 29.7 Å². The van der Waals surface area contributed by atoms with E-state index in [1.165, 1.54) is 28.5 Å². The van der Waals surface area contributed by atoms with E-state index in [2.05, 4.69) is 104 Å². The summed E-state index contributed by atoms with van der Waals surface area (Å²) in [4.78, 5) is 48.5. The molecule has 2 amide bonds. The quantitative estimate of drug-likeness (QED) is 0.155. The molecule has 0 saturated carbocycles. The van der Waals surface area contributed by atoms with Crippen molar-refractivity contribution in [1.29, 1.82) is 0 Å². The smallest absolute Gasteiger partial charge is 0.240 e. The Labute approximate surface area is 372 Å². The highest BCUT2D eigenvalue weighted by molar-refractivity contribution is 5.84. The van der Waals surface area contributed by atoms with Gasteiger partial charge in [0.2, 0.25) is 11.8 Å². The number of carbonyl (C=O) groups excluding carboxylic acids is 2. The Morgan fingerprint density at radius 1 is 0.540 bits per heavy atom. The van der Waals surface area contributed by atoms with Gasteiger partial charge in [-0.1, -0.05) is 90.0 Å². The summed E-state index contributed by atoms with van der Waals surface area (Å²) >= 11 is 0. The van der Waals surface area contributed by atoms with Crippen molar-refractivity contribution in [2.24, 2.45) is 0 Å². The normalized spacial score (nSPS) is 20.0. The minimum Gasteiger partial charge on any atom is -0.506 e. The number of carbonyl (C=O) groups is 2. The lowest BCUT2D eigenvalue weighted by atomic mass is 10.1. The Morgan fingerprint density at radius 2 is 1.05 bits per heavy atom. The van der Waals surface area contributed by atoms with Crippen molar-refractivity contribution in [3.63, 3.8) is 0 Å². The molecule has 4 fully saturated rings. The van der Waals surface area contributed by atoms with Crippen LogP contribution in [-0.2, 0) is 29.3 Å². The number of pyridine rings is 2. The first-order chi connectivity index (χ1) is 30.8. The van der Waals surface area contributed by atoms with E-state index in [1.807, 2.05) is 52.4 Å². The van der Waals surface area contributed by atoms with E-state index in [0.29, 0.717) is 19.7 Å². The molecule has 12 heteroatoms. The molecular formula is C51H62N8O4. The highest BCUT2D eigenvalue weighted by atomic mass is 16.5. The molecule has 0 radical (unpaired) electrons. The van der Waals surface area contributed by atoms with Crippen LogP contribution in [0.25, 0.3) is 0 Å². The summed E-state index contributed by atoms with van der Waals surface area (Å²) in [5.74, 6) is 3.36. The standard InChI is InChI=1S/C29H34N4O2.C22H28N4O2/c1-23-8-10-24(11-9-23)21-33-17-14-27(29(33)34)31-15-5-16-32(19-18-31)28-13-12-26(20-30-28)35-22-25-6-3-2-4-7-25;1-17-3-5-18(6-4-17)16-26-12-9-20(22(26)28)24-10-2-11-25(14-13-24)21-8-7-19(27)15-23-21/h2-4,6-13,20,27H,5,14-19,21-22H2,1H3;3-8,15,20,27H,2,9-14,16H2,1H3/t27-;20-/m11/s1. The first-order valence-electron chi connectivity index (χ1n) is 22.7. The minimum absolute atomic E-state index is 0.00169. The summed E-state index contributed by atoms with van der Waals surface area (Å²) in [5, 5.41) is 9.44. The highest BCUT2D eigenvalue weighted by Gasteiger charge is 2.38. The van der Waals surface area contributed by atoms with Gasteiger partial charge >= 0.3 is 0 Å². The summed E-state index contributed by atoms with van der Waals surface area (Å²) in [6.45, 7) is 15.0. The van der Waals surface area contributed by atoms with Crippen LogP contribution in [0.3, 0.4) is 0 Å². The molecule has 5 aromatic rings. The van der Waals surface area contributed by atoms with Crippen LogP contribution in [0.4, 0.5) is 11.6 Å². The number of likely N-dealkylation sites (tertiary alicyclic amines) is 2. The molecular weight excluding hydrogens is 789 g/mol. The van der Waals surface area contributed by atoms with Gasteiger partial charge in [0.15, 0.2) is 0 Å². The van der Waals surface area contributed by atoms with E-state index in [0.717, 1.165) is 114 Å². The topological polar surface area (TPSA) is 109 Å². The predicted molar refractivity (Wildman–Crippen MR) is 248 cm³/mol. The van der Waals surface area contributed by atoms with Crippen LogP contribution < -0.4 is 14.5 Å². The average molecular weight is 851 g/mol. The van der Waals surface area contributed by atoms with Crippen LogP contribution >= 0.6 is 0 Å². The molecule has 1 N–H and O–H groups in total. The molecule has 2 atom stereocenters. The number of amides is 2. The maximum absolute atomic E-state index is 13.2. The van der Waals surface area contributed by atoms with Crippen LogP contribution in [0.5, 0.6) is 11.5 Å². The molecule has 6 heterocycles. The second-order valence-corrected chi connectivity index (χ2v) is 17.4. The largest absolute Gasteiger partial charge is 0.506 e. The van der Waals surface area contributed by atoms with Crippen LogP contribution in [0.15, 0.2) is 116 Å². The second kappa shape index (κ2) is 20.9. The lowest BCUT2D eigenvalue weighted by molar-refractivity contribution is -0.133. The highest BCUT2D eigenvalue weighted by Crippen LogP contribution is 2.25. The van der Waals surface area contributed by atoms with Crippen molar-refractivity contribution in [1.82, 2.24) is 29.6 Å². The predicted octanol–water partition coefficient (Wildman–Crippen LogP) is 6.69. The molecule has 3 aromatic carbocycles. The van der Waals surface area contributed by atoms with Crippen molar-refractivity contribution >= 4 is 23.5 Å². The van der Waals surface area contributed by atoms with Crippen molar-refractivity contribution < 1.29 is 19.4 Å². The number of aromatic hydroxyl groups is 1. The number of aromatic nitrogens is 2. The Hall–Kier alpha value is -5.98. The van der Waals surface area contributed by atoms with Crippen molar-refractivity contribution in [2.75, 3.05) is 75.2 Å². The number of hydrogen-bond acceptors (Lipinski definition) is 10. The third-order valence-corrected chi connectivity index (χ3v) is 12.8. The SMILES string of the molecule is Cc1ccc(CN2CC[C@@H](N3CCCN(c4ccc(O)cn4)CC3)C2=O)cc1.Cc1ccc(CN2CC[C@@H](N3CCCN(c4ccc(OCc5ccccc5)cn4)CC3)C2=O)cc1. The van der Waals surface area contributed by atoms with Gasteiger partial charge in [-0.15, -0.1) is 0 Å². The number of aryl methyl sites for hydroxylation is 2. The fraction of sp³-hybridized carbons (Fsp3) is 0.412. The summed E-state index contributed by atoms with van der Waals surface area (Å²) in [6.07, 6.45) is 7.14. The summed E-state index contributed by atoms with van der Waals surface area (Å²) in [7, 11) is 0. The van der Waals surface area contributed by atoms with Crippen LogP contribution in [0.1, 0.15) is 53.5 Å². The van der Waals surface area contributed by atoms with Crippen LogP contribution in [0.2, 0.25) is 0 Å². The summed E-state index contributed by atoms with van der Waals surface area (Å²) in [5.41, 5.74) is 6.03. The van der Waals surface area contributed by atoms with Gasteiger partial charge in [-0.3, -0.25) is 19.4 Å². The van der Waals surface area contributed by atoms with Gasteiger partial charge in [0.25, 0.3) is 0 Å². The van der Waals surface area contributed by atoms with Crippen molar-refractivity contribution in [3.05, 3.63) is 143 Å². The molecule has 0 spiro atoms. The molecule has 330 valence electrons. The van der Waals surface area contributed by atoms with Gasteiger partial charge < -0.3 is 29.4 Å². The molecule has 2 aromatic heterocycles. The van der Waals surface area contributed by atoms with Crippen LogP contribution in [-0.4, -0.2) is 124 Å². The molecule has 4 saturated heterocycles. The monoisotopic (exact) mass is 850 g/mol. The first kappa shape index (κ1) is 43.7. The Morgan fingerprint density at radius 3 is 1.52 bits per heavy atom. The zero-order chi connectivity index (χ0) is 43.5. The van der Waals surface area contributed by atoms with E-state index >= 15 is 0 Å². The molecule has 0 unspecified atom stereocenters. The van der Waals surface area contributed by atoms with E-state index in [-0.39, 0.29) is 29.6 Å². The third kappa shape index (κ3) is 11.5. The van der Waals surface area contributed by atoms with Gasteiger partial charge in [-0.2, -0.15) is 0 Å².